The largest absolute Gasteiger partial charge is 0.507 e. The molecule has 0 saturated carbocycles. The maximum absolute atomic E-state index is 12.6. The third-order valence-electron chi connectivity index (χ3n) is 4.44. The van der Waals surface area contributed by atoms with Gasteiger partial charge >= 0.3 is 0 Å². The van der Waals surface area contributed by atoms with E-state index in [1.165, 1.54) is 11.8 Å². The van der Waals surface area contributed by atoms with E-state index in [0.717, 1.165) is 27.2 Å². The number of nitrogens with zero attached hydrogens (tertiary/aromatic N) is 1. The Balaban J connectivity index is 2.71. The SMILES string of the molecule is CSC1N=CC(=C(C)c2cc(C(C)(C)C)c(O)c(C(C)(C)C)c2)S1=O. The highest BCUT2D eigenvalue weighted by atomic mass is 32.2. The fourth-order valence-corrected chi connectivity index (χ4v) is 5.04. The maximum atomic E-state index is 12.6. The van der Waals surface area contributed by atoms with E-state index in [-0.39, 0.29) is 15.5 Å². The molecule has 1 aliphatic heterocycles. The van der Waals surface area contributed by atoms with Gasteiger partial charge in [0.25, 0.3) is 0 Å². The molecule has 1 heterocycles. The summed E-state index contributed by atoms with van der Waals surface area (Å²) in [4.78, 5) is 5.14. The van der Waals surface area contributed by atoms with E-state index in [0.29, 0.717) is 5.75 Å². The van der Waals surface area contributed by atoms with E-state index in [9.17, 15) is 9.32 Å². The van der Waals surface area contributed by atoms with Crippen LogP contribution in [0, 0.1) is 0 Å². The highest BCUT2D eigenvalue weighted by Gasteiger charge is 2.29. The number of aromatic hydroxyl groups is 1. The Morgan fingerprint density at radius 1 is 1.12 bits per heavy atom. The van der Waals surface area contributed by atoms with E-state index in [4.69, 9.17) is 0 Å². The quantitative estimate of drug-likeness (QED) is 0.768. The second-order valence-electron chi connectivity index (χ2n) is 8.53. The van der Waals surface area contributed by atoms with Gasteiger partial charge in [0.15, 0.2) is 4.71 Å². The number of rotatable bonds is 2. The summed E-state index contributed by atoms with van der Waals surface area (Å²) < 4.78 is 12.4. The van der Waals surface area contributed by atoms with Gasteiger partial charge in [0.2, 0.25) is 0 Å². The van der Waals surface area contributed by atoms with Crippen LogP contribution in [0.2, 0.25) is 0 Å². The average molecular weight is 380 g/mol. The third-order valence-corrected chi connectivity index (χ3v) is 7.40. The van der Waals surface area contributed by atoms with Gasteiger partial charge in [-0.15, -0.1) is 11.8 Å². The molecule has 2 unspecified atom stereocenters. The Bertz CT molecular complexity index is 730. The summed E-state index contributed by atoms with van der Waals surface area (Å²) in [5.74, 6) is 0.366. The van der Waals surface area contributed by atoms with Gasteiger partial charge in [-0.05, 0) is 47.3 Å². The highest BCUT2D eigenvalue weighted by Crippen LogP contribution is 2.42. The zero-order valence-corrected chi connectivity index (χ0v) is 18.1. The first kappa shape index (κ1) is 20.2. The van der Waals surface area contributed by atoms with Crippen LogP contribution in [0.4, 0.5) is 0 Å². The molecule has 5 heteroatoms. The minimum absolute atomic E-state index is 0.185. The van der Waals surface area contributed by atoms with Crippen LogP contribution < -0.4 is 0 Å². The van der Waals surface area contributed by atoms with Crippen molar-refractivity contribution in [2.24, 2.45) is 4.99 Å². The molecule has 0 aromatic heterocycles. The predicted octanol–water partition coefficient (Wildman–Crippen LogP) is 5.20. The number of aliphatic imine (C=N–C) groups is 1. The lowest BCUT2D eigenvalue weighted by Gasteiger charge is -2.28. The number of hydrogen-bond donors (Lipinski definition) is 1. The number of thioether (sulfide) groups is 1. The molecule has 1 aliphatic rings. The number of hydrogen-bond acceptors (Lipinski definition) is 4. The van der Waals surface area contributed by atoms with Gasteiger partial charge in [0.1, 0.15) is 5.75 Å². The van der Waals surface area contributed by atoms with Crippen molar-refractivity contribution in [1.29, 1.82) is 0 Å². The normalized spacial score (nSPS) is 23.2. The summed E-state index contributed by atoms with van der Waals surface area (Å²) in [5, 5.41) is 10.9. The molecule has 138 valence electrons. The van der Waals surface area contributed by atoms with Crippen LogP contribution >= 0.6 is 11.8 Å². The monoisotopic (exact) mass is 379 g/mol. The predicted molar refractivity (Wildman–Crippen MR) is 112 cm³/mol. The second kappa shape index (κ2) is 6.92. The minimum Gasteiger partial charge on any atom is -0.507 e. The number of allylic oxidation sites excluding steroid dienone is 2. The van der Waals surface area contributed by atoms with Gasteiger partial charge in [-0.1, -0.05) is 41.5 Å². The molecule has 2 atom stereocenters. The molecule has 0 bridgehead atoms. The van der Waals surface area contributed by atoms with Crippen molar-refractivity contribution in [2.45, 2.75) is 64.0 Å². The summed E-state index contributed by atoms with van der Waals surface area (Å²) in [7, 11) is -1.13. The molecule has 0 spiro atoms. The van der Waals surface area contributed by atoms with Crippen LogP contribution in [-0.4, -0.2) is 26.5 Å². The second-order valence-corrected chi connectivity index (χ2v) is 11.2. The molecule has 1 aromatic carbocycles. The first-order valence-corrected chi connectivity index (χ1v) is 10.9. The molecular formula is C20H29NO2S2. The zero-order valence-electron chi connectivity index (χ0n) is 16.4. The lowest BCUT2D eigenvalue weighted by molar-refractivity contribution is 0.423. The van der Waals surface area contributed by atoms with Crippen molar-refractivity contribution < 1.29 is 9.32 Å². The Kier molecular flexibility index (Phi) is 5.60. The van der Waals surface area contributed by atoms with Crippen molar-refractivity contribution in [3.8, 4) is 5.75 Å². The molecule has 0 aliphatic carbocycles. The summed E-state index contributed by atoms with van der Waals surface area (Å²) >= 11 is 1.50. The van der Waals surface area contributed by atoms with E-state index in [1.54, 1.807) is 6.21 Å². The van der Waals surface area contributed by atoms with Crippen molar-refractivity contribution in [3.05, 3.63) is 33.7 Å². The molecular weight excluding hydrogens is 350 g/mol. The topological polar surface area (TPSA) is 49.7 Å². The molecule has 0 radical (unpaired) electrons. The van der Waals surface area contributed by atoms with Gasteiger partial charge in [-0.3, -0.25) is 9.20 Å². The van der Waals surface area contributed by atoms with Gasteiger partial charge in [-0.25, -0.2) is 0 Å². The summed E-state index contributed by atoms with van der Waals surface area (Å²) in [6.07, 6.45) is 3.67. The minimum atomic E-state index is -1.13. The lowest BCUT2D eigenvalue weighted by atomic mass is 9.78. The summed E-state index contributed by atoms with van der Waals surface area (Å²) in [6.45, 7) is 14.6. The van der Waals surface area contributed by atoms with E-state index in [1.807, 2.05) is 25.3 Å². The lowest BCUT2D eigenvalue weighted by Crippen LogP contribution is -2.18. The number of phenols is 1. The molecule has 2 rings (SSSR count). The molecule has 0 amide bonds. The zero-order chi connectivity index (χ0) is 19.2. The van der Waals surface area contributed by atoms with Gasteiger partial charge < -0.3 is 5.11 Å². The average Bonchev–Trinajstić information content (AvgIpc) is 2.85. The fraction of sp³-hybridized carbons (Fsp3) is 0.550. The molecule has 0 saturated heterocycles. The van der Waals surface area contributed by atoms with Crippen molar-refractivity contribution >= 4 is 34.3 Å². The van der Waals surface area contributed by atoms with Gasteiger partial charge in [0, 0.05) is 17.3 Å². The highest BCUT2D eigenvalue weighted by molar-refractivity contribution is 8.12. The maximum Gasteiger partial charge on any atom is 0.174 e. The van der Waals surface area contributed by atoms with Crippen molar-refractivity contribution in [3.63, 3.8) is 0 Å². The summed E-state index contributed by atoms with van der Waals surface area (Å²) in [6, 6.07) is 4.06. The molecule has 1 N–H and O–H groups in total. The van der Waals surface area contributed by atoms with Crippen LogP contribution in [-0.2, 0) is 21.6 Å². The van der Waals surface area contributed by atoms with Crippen LogP contribution in [0.5, 0.6) is 5.75 Å². The molecule has 25 heavy (non-hydrogen) atoms. The number of benzene rings is 1. The Labute approximate surface area is 158 Å². The standard InChI is InChI=1S/C20H29NO2S2/c1-12(16-11-21-18(24-8)25(16)23)13-9-14(19(2,3)4)17(22)15(10-13)20(5,6)7/h9-11,18,22H,1-8H3. The van der Waals surface area contributed by atoms with Crippen molar-refractivity contribution in [1.82, 2.24) is 0 Å². The van der Waals surface area contributed by atoms with Crippen LogP contribution in [0.25, 0.3) is 5.57 Å². The van der Waals surface area contributed by atoms with E-state index < -0.39 is 10.8 Å². The van der Waals surface area contributed by atoms with E-state index in [2.05, 4.69) is 46.5 Å². The Morgan fingerprint density at radius 3 is 1.96 bits per heavy atom. The molecule has 3 nitrogen and oxygen atoms in total. The first-order chi connectivity index (χ1) is 11.4. The van der Waals surface area contributed by atoms with Crippen molar-refractivity contribution in [2.75, 3.05) is 6.26 Å². The summed E-state index contributed by atoms with van der Waals surface area (Å²) in [5.41, 5.74) is 3.43. The van der Waals surface area contributed by atoms with Gasteiger partial charge in [0.05, 0.1) is 15.7 Å². The first-order valence-electron chi connectivity index (χ1n) is 8.43. The van der Waals surface area contributed by atoms with Crippen LogP contribution in [0.15, 0.2) is 22.0 Å². The Hall–Kier alpha value is -1.07. The van der Waals surface area contributed by atoms with Gasteiger partial charge in [-0.2, -0.15) is 0 Å². The van der Waals surface area contributed by atoms with Crippen LogP contribution in [0.3, 0.4) is 0 Å². The third kappa shape index (κ3) is 4.03. The smallest absolute Gasteiger partial charge is 0.174 e. The van der Waals surface area contributed by atoms with Crippen LogP contribution in [0.1, 0.15) is 65.2 Å². The fourth-order valence-electron chi connectivity index (χ4n) is 2.88. The number of phenolic OH excluding ortho intramolecular Hbond substituents is 1. The molecule has 0 fully saturated rings. The Morgan fingerprint density at radius 2 is 1.60 bits per heavy atom. The van der Waals surface area contributed by atoms with E-state index >= 15 is 0 Å². The molecule has 1 aromatic rings.